The van der Waals surface area contributed by atoms with E-state index in [0.717, 1.165) is 68.2 Å². The zero-order chi connectivity index (χ0) is 28.7. The average molecular weight is 556 g/mol. The van der Waals surface area contributed by atoms with Crippen molar-refractivity contribution < 1.29 is 23.8 Å². The SMILES string of the molecule is Cc1ccc2c(C(C)CCOc3cccc4cc(F)ccc34)c(C(=O)O)n3c2c1-c1c(n[nH]c1C)COCCCC3. The van der Waals surface area contributed by atoms with Crippen molar-refractivity contribution in [3.8, 4) is 16.9 Å². The van der Waals surface area contributed by atoms with Crippen LogP contribution in [0, 0.1) is 19.7 Å². The minimum atomic E-state index is -0.932. The molecular formula is C33H34FN3O4. The number of nitrogens with zero attached hydrogens (tertiary/aromatic N) is 2. The third kappa shape index (κ3) is 4.86. The number of carbonyl (C=O) groups is 1. The van der Waals surface area contributed by atoms with E-state index in [1.54, 1.807) is 6.07 Å². The van der Waals surface area contributed by atoms with Crippen LogP contribution in [0.4, 0.5) is 4.39 Å². The van der Waals surface area contributed by atoms with Gasteiger partial charge in [0, 0.05) is 40.7 Å². The van der Waals surface area contributed by atoms with Gasteiger partial charge in [0.2, 0.25) is 0 Å². The lowest BCUT2D eigenvalue weighted by Crippen LogP contribution is -2.13. The number of nitrogens with one attached hydrogen (secondary N) is 1. The highest BCUT2D eigenvalue weighted by molar-refractivity contribution is 6.05. The molecule has 0 saturated heterocycles. The number of ether oxygens (including phenoxy) is 2. The number of H-pyrrole nitrogens is 1. The van der Waals surface area contributed by atoms with E-state index in [1.165, 1.54) is 12.1 Å². The molecule has 0 fully saturated rings. The molecule has 1 atom stereocenters. The smallest absolute Gasteiger partial charge is 0.352 e. The van der Waals surface area contributed by atoms with Crippen molar-refractivity contribution in [3.05, 3.63) is 82.6 Å². The second kappa shape index (κ2) is 11.0. The van der Waals surface area contributed by atoms with Gasteiger partial charge >= 0.3 is 5.97 Å². The van der Waals surface area contributed by atoms with Crippen molar-refractivity contribution in [2.45, 2.75) is 59.1 Å². The van der Waals surface area contributed by atoms with E-state index in [9.17, 15) is 14.3 Å². The summed E-state index contributed by atoms with van der Waals surface area (Å²) >= 11 is 0. The minimum Gasteiger partial charge on any atom is -0.493 e. The molecule has 0 saturated carbocycles. The maximum atomic E-state index is 13.7. The Bertz CT molecular complexity index is 1770. The van der Waals surface area contributed by atoms with Gasteiger partial charge in [-0.3, -0.25) is 5.10 Å². The summed E-state index contributed by atoms with van der Waals surface area (Å²) in [6.45, 7) is 8.11. The number of aromatic carboxylic acids is 1. The Balaban J connectivity index is 1.43. The maximum Gasteiger partial charge on any atom is 0.352 e. The minimum absolute atomic E-state index is 0.0889. The van der Waals surface area contributed by atoms with Gasteiger partial charge in [-0.25, -0.2) is 9.18 Å². The van der Waals surface area contributed by atoms with Crippen molar-refractivity contribution in [1.82, 2.24) is 14.8 Å². The van der Waals surface area contributed by atoms with Crippen LogP contribution in [0.2, 0.25) is 0 Å². The van der Waals surface area contributed by atoms with Crippen molar-refractivity contribution >= 4 is 27.6 Å². The zero-order valence-electron chi connectivity index (χ0n) is 23.6. The maximum absolute atomic E-state index is 13.7. The molecule has 0 amide bonds. The lowest BCUT2D eigenvalue weighted by atomic mass is 9.91. The molecule has 41 heavy (non-hydrogen) atoms. The predicted octanol–water partition coefficient (Wildman–Crippen LogP) is 7.52. The summed E-state index contributed by atoms with van der Waals surface area (Å²) < 4.78 is 27.9. The van der Waals surface area contributed by atoms with Crippen molar-refractivity contribution in [2.75, 3.05) is 13.2 Å². The van der Waals surface area contributed by atoms with E-state index in [0.29, 0.717) is 44.2 Å². The Morgan fingerprint density at radius 3 is 2.80 bits per heavy atom. The second-order valence-electron chi connectivity index (χ2n) is 11.0. The second-order valence-corrected chi connectivity index (χ2v) is 11.0. The van der Waals surface area contributed by atoms with Gasteiger partial charge in [0.05, 0.1) is 24.4 Å². The number of fused-ring (bicyclic) bond motifs is 3. The molecule has 6 rings (SSSR count). The number of aromatic nitrogens is 3. The molecule has 1 unspecified atom stereocenters. The molecule has 1 aliphatic rings. The molecule has 1 aliphatic heterocycles. The number of carboxylic acids is 1. The first-order valence-corrected chi connectivity index (χ1v) is 14.2. The fourth-order valence-corrected chi connectivity index (χ4v) is 6.24. The highest BCUT2D eigenvalue weighted by atomic mass is 19.1. The molecule has 212 valence electrons. The summed E-state index contributed by atoms with van der Waals surface area (Å²) in [6.07, 6.45) is 2.25. The number of carboxylic acid groups (broad SMARTS) is 1. The van der Waals surface area contributed by atoms with Gasteiger partial charge in [0.25, 0.3) is 0 Å². The third-order valence-electron chi connectivity index (χ3n) is 8.21. The first-order valence-electron chi connectivity index (χ1n) is 14.2. The molecule has 0 aliphatic carbocycles. The van der Waals surface area contributed by atoms with Crippen LogP contribution >= 0.6 is 0 Å². The molecule has 8 heteroatoms. The molecule has 7 nitrogen and oxygen atoms in total. The Morgan fingerprint density at radius 2 is 1.98 bits per heavy atom. The van der Waals surface area contributed by atoms with Crippen LogP contribution in [0.15, 0.2) is 48.5 Å². The molecule has 3 aromatic carbocycles. The summed E-state index contributed by atoms with van der Waals surface area (Å²) in [5.74, 6) is -0.618. The average Bonchev–Trinajstić information content (AvgIpc) is 3.46. The molecule has 2 N–H and O–H groups in total. The lowest BCUT2D eigenvalue weighted by Gasteiger charge is -2.15. The van der Waals surface area contributed by atoms with Gasteiger partial charge < -0.3 is 19.1 Å². The van der Waals surface area contributed by atoms with Crippen molar-refractivity contribution in [1.29, 1.82) is 0 Å². The molecule has 2 aromatic heterocycles. The van der Waals surface area contributed by atoms with Gasteiger partial charge in [-0.1, -0.05) is 31.2 Å². The molecule has 0 bridgehead atoms. The highest BCUT2D eigenvalue weighted by Crippen LogP contribution is 2.42. The van der Waals surface area contributed by atoms with Crippen LogP contribution in [0.5, 0.6) is 5.75 Å². The van der Waals surface area contributed by atoms with Crippen molar-refractivity contribution in [2.24, 2.45) is 0 Å². The predicted molar refractivity (Wildman–Crippen MR) is 157 cm³/mol. The summed E-state index contributed by atoms with van der Waals surface area (Å²) in [4.78, 5) is 12.9. The Labute approximate surface area is 237 Å². The number of halogens is 1. The summed E-state index contributed by atoms with van der Waals surface area (Å²) in [5, 5.41) is 20.8. The number of rotatable bonds is 6. The summed E-state index contributed by atoms with van der Waals surface area (Å²) in [6, 6.07) is 14.4. The van der Waals surface area contributed by atoms with Crippen LogP contribution in [0.25, 0.3) is 32.8 Å². The first-order chi connectivity index (χ1) is 19.8. The number of aryl methyl sites for hydroxylation is 3. The monoisotopic (exact) mass is 555 g/mol. The van der Waals surface area contributed by atoms with Crippen LogP contribution in [-0.2, 0) is 17.9 Å². The number of hydrogen-bond donors (Lipinski definition) is 2. The quantitative estimate of drug-likeness (QED) is 0.226. The van der Waals surface area contributed by atoms with Gasteiger partial charge in [0.1, 0.15) is 17.3 Å². The number of aromatic amines is 1. The normalized spacial score (nSPS) is 14.5. The lowest BCUT2D eigenvalue weighted by molar-refractivity contribution is 0.0683. The number of hydrogen-bond acceptors (Lipinski definition) is 4. The molecule has 3 heterocycles. The van der Waals surface area contributed by atoms with Gasteiger partial charge in [-0.15, -0.1) is 0 Å². The Morgan fingerprint density at radius 1 is 1.15 bits per heavy atom. The van der Waals surface area contributed by atoms with E-state index in [2.05, 4.69) is 36.2 Å². The van der Waals surface area contributed by atoms with E-state index < -0.39 is 5.97 Å². The molecule has 5 aromatic rings. The van der Waals surface area contributed by atoms with Crippen molar-refractivity contribution in [3.63, 3.8) is 0 Å². The molecular weight excluding hydrogens is 521 g/mol. The van der Waals surface area contributed by atoms with Crippen LogP contribution in [-0.4, -0.2) is 39.1 Å². The van der Waals surface area contributed by atoms with Crippen LogP contribution in [0.3, 0.4) is 0 Å². The molecule has 0 radical (unpaired) electrons. The van der Waals surface area contributed by atoms with E-state index in [1.807, 2.05) is 29.7 Å². The van der Waals surface area contributed by atoms with Gasteiger partial charge in [-0.05, 0) is 79.8 Å². The molecule has 0 spiro atoms. The standard InChI is InChI=1S/C33H34FN3O4/c1-19-9-11-25-28(20(2)13-16-41-27-8-6-7-22-17-23(34)10-12-24(22)27)32(33(38)39)37-14-4-5-15-40-18-26-30(21(3)35-36-26)29(19)31(25)37/h6-12,17,20H,4-5,13-16,18H2,1-3H3,(H,35,36)(H,38,39). The fraction of sp³-hybridized carbons (Fsp3) is 0.333. The Kier molecular flexibility index (Phi) is 7.26. The van der Waals surface area contributed by atoms with Gasteiger partial charge in [0.15, 0.2) is 0 Å². The van der Waals surface area contributed by atoms with E-state index >= 15 is 0 Å². The first kappa shape index (κ1) is 27.0. The third-order valence-corrected chi connectivity index (χ3v) is 8.21. The Hall–Kier alpha value is -4.17. The van der Waals surface area contributed by atoms with Crippen LogP contribution < -0.4 is 4.74 Å². The summed E-state index contributed by atoms with van der Waals surface area (Å²) in [7, 11) is 0. The summed E-state index contributed by atoms with van der Waals surface area (Å²) in [5.41, 5.74) is 6.93. The number of benzene rings is 3. The largest absolute Gasteiger partial charge is 0.493 e. The fourth-order valence-electron chi connectivity index (χ4n) is 6.24. The van der Waals surface area contributed by atoms with E-state index in [-0.39, 0.29) is 11.7 Å². The zero-order valence-corrected chi connectivity index (χ0v) is 23.6. The highest BCUT2D eigenvalue weighted by Gasteiger charge is 2.30. The topological polar surface area (TPSA) is 89.4 Å². The van der Waals surface area contributed by atoms with Crippen LogP contribution in [0.1, 0.15) is 65.1 Å². The van der Waals surface area contributed by atoms with Gasteiger partial charge in [-0.2, -0.15) is 5.10 Å². The van der Waals surface area contributed by atoms with E-state index in [4.69, 9.17) is 9.47 Å².